The van der Waals surface area contributed by atoms with Crippen molar-refractivity contribution in [2.75, 3.05) is 5.88 Å². The number of halogens is 1. The maximum atomic E-state index is 10.6. The molecule has 1 aliphatic carbocycles. The van der Waals surface area contributed by atoms with Crippen LogP contribution in [0.1, 0.15) is 39.0 Å². The first-order chi connectivity index (χ1) is 9.55. The predicted molar refractivity (Wildman–Crippen MR) is 79.4 cm³/mol. The molecule has 0 aliphatic heterocycles. The van der Waals surface area contributed by atoms with E-state index in [1.54, 1.807) is 12.1 Å². The lowest BCUT2D eigenvalue weighted by atomic mass is 9.72. The second-order valence-corrected chi connectivity index (χ2v) is 6.04. The molecular formula is C15H20ClNO3. The number of benzene rings is 1. The van der Waals surface area contributed by atoms with Crippen LogP contribution < -0.4 is 4.74 Å². The molecule has 5 heteroatoms. The molecule has 1 unspecified atom stereocenters. The predicted octanol–water partition coefficient (Wildman–Crippen LogP) is 4.55. The summed E-state index contributed by atoms with van der Waals surface area (Å²) in [6.45, 7) is 2.23. The third-order valence-electron chi connectivity index (χ3n) is 4.24. The van der Waals surface area contributed by atoms with Crippen LogP contribution in [0.5, 0.6) is 5.75 Å². The van der Waals surface area contributed by atoms with E-state index in [1.807, 2.05) is 0 Å². The van der Waals surface area contributed by atoms with Crippen LogP contribution >= 0.6 is 11.6 Å². The van der Waals surface area contributed by atoms with Crippen LogP contribution in [0.2, 0.25) is 0 Å². The van der Waals surface area contributed by atoms with Crippen molar-refractivity contribution in [3.8, 4) is 5.75 Å². The standard InChI is InChI=1S/C15H20ClNO3/c1-15(9-3-2-4-10-15)14(11-16)20-13-7-5-12(6-8-13)17(18)19/h5-8,14H,2-4,9-11H2,1H3. The van der Waals surface area contributed by atoms with Crippen molar-refractivity contribution in [1.29, 1.82) is 0 Å². The van der Waals surface area contributed by atoms with Gasteiger partial charge in [0.15, 0.2) is 0 Å². The van der Waals surface area contributed by atoms with Crippen LogP contribution in [0.4, 0.5) is 5.69 Å². The van der Waals surface area contributed by atoms with Gasteiger partial charge in [0.05, 0.1) is 10.8 Å². The minimum Gasteiger partial charge on any atom is -0.489 e. The molecule has 1 saturated carbocycles. The molecule has 1 fully saturated rings. The van der Waals surface area contributed by atoms with Crippen LogP contribution in [-0.4, -0.2) is 16.9 Å². The molecule has 0 saturated heterocycles. The maximum absolute atomic E-state index is 10.6. The second-order valence-electron chi connectivity index (χ2n) is 5.73. The van der Waals surface area contributed by atoms with Crippen LogP contribution in [0.25, 0.3) is 0 Å². The third-order valence-corrected chi connectivity index (χ3v) is 4.52. The zero-order chi connectivity index (χ0) is 14.6. The zero-order valence-corrected chi connectivity index (χ0v) is 12.4. The van der Waals surface area contributed by atoms with Crippen molar-refractivity contribution < 1.29 is 9.66 Å². The first-order valence-electron chi connectivity index (χ1n) is 7.02. The van der Waals surface area contributed by atoms with Crippen molar-refractivity contribution in [1.82, 2.24) is 0 Å². The van der Waals surface area contributed by atoms with Crippen molar-refractivity contribution in [2.24, 2.45) is 5.41 Å². The van der Waals surface area contributed by atoms with Gasteiger partial charge in [-0.15, -0.1) is 11.6 Å². The molecule has 0 amide bonds. The van der Waals surface area contributed by atoms with Gasteiger partial charge in [-0.3, -0.25) is 10.1 Å². The van der Waals surface area contributed by atoms with Crippen LogP contribution in [0.15, 0.2) is 24.3 Å². The number of ether oxygens (including phenoxy) is 1. The monoisotopic (exact) mass is 297 g/mol. The molecule has 20 heavy (non-hydrogen) atoms. The SMILES string of the molecule is CC1(C(CCl)Oc2ccc([N+](=O)[O-])cc2)CCCCC1. The summed E-state index contributed by atoms with van der Waals surface area (Å²) in [6, 6.07) is 6.21. The minimum atomic E-state index is -0.411. The number of rotatable bonds is 5. The first kappa shape index (κ1) is 15.1. The fourth-order valence-electron chi connectivity index (χ4n) is 2.85. The zero-order valence-electron chi connectivity index (χ0n) is 11.7. The molecule has 110 valence electrons. The van der Waals surface area contributed by atoms with Gasteiger partial charge in [-0.25, -0.2) is 0 Å². The highest BCUT2D eigenvalue weighted by atomic mass is 35.5. The van der Waals surface area contributed by atoms with Crippen molar-refractivity contribution in [3.05, 3.63) is 34.4 Å². The van der Waals surface area contributed by atoms with E-state index in [-0.39, 0.29) is 17.2 Å². The van der Waals surface area contributed by atoms with Gasteiger partial charge < -0.3 is 4.74 Å². The van der Waals surface area contributed by atoms with Crippen molar-refractivity contribution in [2.45, 2.75) is 45.1 Å². The Morgan fingerprint density at radius 2 is 1.90 bits per heavy atom. The van der Waals surface area contributed by atoms with Crippen LogP contribution in [0, 0.1) is 15.5 Å². The first-order valence-corrected chi connectivity index (χ1v) is 7.56. The van der Waals surface area contributed by atoms with Gasteiger partial charge in [0, 0.05) is 17.5 Å². The van der Waals surface area contributed by atoms with E-state index in [4.69, 9.17) is 16.3 Å². The van der Waals surface area contributed by atoms with E-state index >= 15 is 0 Å². The molecule has 2 rings (SSSR count). The molecule has 1 aromatic rings. The van der Waals surface area contributed by atoms with Gasteiger partial charge >= 0.3 is 0 Å². The molecule has 0 bridgehead atoms. The summed E-state index contributed by atoms with van der Waals surface area (Å²) in [5, 5.41) is 10.6. The smallest absolute Gasteiger partial charge is 0.269 e. The number of hydrogen-bond acceptors (Lipinski definition) is 3. The van der Waals surface area contributed by atoms with E-state index < -0.39 is 4.92 Å². The highest BCUT2D eigenvalue weighted by Crippen LogP contribution is 2.41. The number of nitrogens with zero attached hydrogens (tertiary/aromatic N) is 1. The van der Waals surface area contributed by atoms with E-state index in [9.17, 15) is 10.1 Å². The summed E-state index contributed by atoms with van der Waals surface area (Å²) in [7, 11) is 0. The molecule has 1 aromatic carbocycles. The molecule has 4 nitrogen and oxygen atoms in total. The number of alkyl halides is 1. The summed E-state index contributed by atoms with van der Waals surface area (Å²) < 4.78 is 5.99. The highest BCUT2D eigenvalue weighted by Gasteiger charge is 2.36. The van der Waals surface area contributed by atoms with E-state index in [1.165, 1.54) is 31.4 Å². The molecule has 1 atom stereocenters. The summed E-state index contributed by atoms with van der Waals surface area (Å²) >= 11 is 6.09. The quantitative estimate of drug-likeness (QED) is 0.455. The van der Waals surface area contributed by atoms with Gasteiger partial charge in [-0.2, -0.15) is 0 Å². The highest BCUT2D eigenvalue weighted by molar-refractivity contribution is 6.18. The van der Waals surface area contributed by atoms with E-state index in [2.05, 4.69) is 6.92 Å². The molecule has 0 aromatic heterocycles. The minimum absolute atomic E-state index is 0.0501. The van der Waals surface area contributed by atoms with Crippen molar-refractivity contribution in [3.63, 3.8) is 0 Å². The molecule has 0 N–H and O–H groups in total. The Labute approximate surface area is 124 Å². The Kier molecular flexibility index (Phi) is 4.86. The lowest BCUT2D eigenvalue weighted by molar-refractivity contribution is -0.384. The van der Waals surface area contributed by atoms with Gasteiger partial charge in [0.2, 0.25) is 0 Å². The lowest BCUT2D eigenvalue weighted by Crippen LogP contribution is -2.40. The average molecular weight is 298 g/mol. The topological polar surface area (TPSA) is 52.4 Å². The van der Waals surface area contributed by atoms with Crippen molar-refractivity contribution >= 4 is 17.3 Å². The van der Waals surface area contributed by atoms with Gasteiger partial charge in [0.25, 0.3) is 5.69 Å². The van der Waals surface area contributed by atoms with Crippen LogP contribution in [0.3, 0.4) is 0 Å². The summed E-state index contributed by atoms with van der Waals surface area (Å²) in [5.74, 6) is 1.08. The number of nitro groups is 1. The number of nitro benzene ring substituents is 1. The number of hydrogen-bond donors (Lipinski definition) is 0. The largest absolute Gasteiger partial charge is 0.489 e. The fourth-order valence-corrected chi connectivity index (χ4v) is 3.29. The Balaban J connectivity index is 2.07. The Morgan fingerprint density at radius 3 is 2.40 bits per heavy atom. The Morgan fingerprint density at radius 1 is 1.30 bits per heavy atom. The molecule has 0 radical (unpaired) electrons. The number of non-ortho nitro benzene ring substituents is 1. The second kappa shape index (κ2) is 6.44. The molecule has 1 aliphatic rings. The normalized spacial score (nSPS) is 19.3. The summed E-state index contributed by atoms with van der Waals surface area (Å²) in [4.78, 5) is 10.2. The Bertz CT molecular complexity index is 455. The van der Waals surface area contributed by atoms with Gasteiger partial charge in [-0.1, -0.05) is 26.2 Å². The van der Waals surface area contributed by atoms with Crippen LogP contribution in [-0.2, 0) is 0 Å². The summed E-state index contributed by atoms with van der Waals surface area (Å²) in [5.41, 5.74) is 0.172. The summed E-state index contributed by atoms with van der Waals surface area (Å²) in [6.07, 6.45) is 5.91. The van der Waals surface area contributed by atoms with E-state index in [0.29, 0.717) is 11.6 Å². The molecular weight excluding hydrogens is 278 g/mol. The molecule has 0 heterocycles. The third kappa shape index (κ3) is 3.42. The van der Waals surface area contributed by atoms with Gasteiger partial charge in [0.1, 0.15) is 11.9 Å². The average Bonchev–Trinajstić information content (AvgIpc) is 2.45. The molecule has 0 spiro atoms. The van der Waals surface area contributed by atoms with Gasteiger partial charge in [-0.05, 0) is 25.0 Å². The van der Waals surface area contributed by atoms with E-state index in [0.717, 1.165) is 12.8 Å². The fraction of sp³-hybridized carbons (Fsp3) is 0.600. The Hall–Kier alpha value is -1.29. The lowest BCUT2D eigenvalue weighted by Gasteiger charge is -2.39. The maximum Gasteiger partial charge on any atom is 0.269 e.